The molecule has 0 saturated heterocycles. The third-order valence-corrected chi connectivity index (χ3v) is 5.48. The molecule has 0 bridgehead atoms. The molecule has 3 rings (SSSR count). The number of anilines is 1. The summed E-state index contributed by atoms with van der Waals surface area (Å²) in [5.41, 5.74) is 2.46. The minimum Gasteiger partial charge on any atom is -0.461 e. The molecule has 2 heterocycles. The molecule has 3 aromatic rings. The molecule has 0 aliphatic carbocycles. The van der Waals surface area contributed by atoms with E-state index in [4.69, 9.17) is 9.26 Å². The Morgan fingerprint density at radius 3 is 2.61 bits per heavy atom. The molecule has 33 heavy (non-hydrogen) atoms. The fourth-order valence-electron chi connectivity index (χ4n) is 2.93. The lowest BCUT2D eigenvalue weighted by Crippen LogP contribution is -2.27. The van der Waals surface area contributed by atoms with E-state index in [9.17, 15) is 14.4 Å². The number of aryl methyl sites for hydroxylation is 3. The Morgan fingerprint density at radius 1 is 1.12 bits per heavy atom. The van der Waals surface area contributed by atoms with Gasteiger partial charge in [-0.15, -0.1) is 0 Å². The van der Waals surface area contributed by atoms with E-state index in [-0.39, 0.29) is 24.8 Å². The minimum atomic E-state index is -0.451. The lowest BCUT2D eigenvalue weighted by atomic mass is 10.1. The first-order valence-electron chi connectivity index (χ1n) is 10.4. The van der Waals surface area contributed by atoms with E-state index in [1.807, 2.05) is 19.9 Å². The van der Waals surface area contributed by atoms with Gasteiger partial charge in [-0.3, -0.25) is 9.59 Å². The molecule has 174 valence electrons. The summed E-state index contributed by atoms with van der Waals surface area (Å²) in [6, 6.07) is 5.27. The van der Waals surface area contributed by atoms with E-state index in [1.54, 1.807) is 26.0 Å². The van der Waals surface area contributed by atoms with Crippen LogP contribution in [0.25, 0.3) is 11.4 Å². The predicted molar refractivity (Wildman–Crippen MR) is 122 cm³/mol. The molecular formula is C22H25N5O5S. The van der Waals surface area contributed by atoms with Crippen molar-refractivity contribution >= 4 is 34.3 Å². The van der Waals surface area contributed by atoms with Crippen molar-refractivity contribution in [1.82, 2.24) is 20.4 Å². The number of benzene rings is 1. The van der Waals surface area contributed by atoms with Gasteiger partial charge in [0.2, 0.25) is 17.6 Å². The number of ether oxygens (including phenoxy) is 1. The Bertz CT molecular complexity index is 1170. The lowest BCUT2D eigenvalue weighted by molar-refractivity contribution is -0.116. The zero-order chi connectivity index (χ0) is 24.0. The van der Waals surface area contributed by atoms with Gasteiger partial charge in [0.1, 0.15) is 4.88 Å². The van der Waals surface area contributed by atoms with Crippen LogP contribution in [-0.2, 0) is 9.53 Å². The zero-order valence-electron chi connectivity index (χ0n) is 18.9. The van der Waals surface area contributed by atoms with Crippen molar-refractivity contribution in [2.75, 3.05) is 18.5 Å². The minimum absolute atomic E-state index is 0.0443. The first kappa shape index (κ1) is 24.1. The van der Waals surface area contributed by atoms with Crippen molar-refractivity contribution in [3.05, 3.63) is 45.8 Å². The highest BCUT2D eigenvalue weighted by molar-refractivity contribution is 7.17. The summed E-state index contributed by atoms with van der Waals surface area (Å²) in [6.07, 6.45) is 0.766. The van der Waals surface area contributed by atoms with Gasteiger partial charge in [-0.25, -0.2) is 9.78 Å². The van der Waals surface area contributed by atoms with Crippen LogP contribution in [0.15, 0.2) is 22.7 Å². The topological polar surface area (TPSA) is 136 Å². The second-order valence-corrected chi connectivity index (χ2v) is 8.35. The highest BCUT2D eigenvalue weighted by atomic mass is 32.1. The monoisotopic (exact) mass is 471 g/mol. The number of nitrogens with one attached hydrogen (secondary N) is 2. The standard InChI is InChI=1S/C22H25N5O5S/c1-5-8-31-21(30)18-13(3)24-22(33-18)26-17(28)6-7-23-20(29)16-10-12(2)9-15(11-16)19-25-14(4)32-27-19/h9-11H,5-8H2,1-4H3,(H,23,29)(H,24,26,28). The molecule has 0 atom stereocenters. The van der Waals surface area contributed by atoms with Gasteiger partial charge in [0.25, 0.3) is 5.91 Å². The Balaban J connectivity index is 1.53. The number of carbonyl (C=O) groups excluding carboxylic acids is 3. The van der Waals surface area contributed by atoms with Gasteiger partial charge < -0.3 is 19.9 Å². The van der Waals surface area contributed by atoms with Gasteiger partial charge >= 0.3 is 5.97 Å². The largest absolute Gasteiger partial charge is 0.461 e. The first-order valence-corrected chi connectivity index (χ1v) is 11.2. The van der Waals surface area contributed by atoms with Crippen LogP contribution in [0.1, 0.15) is 56.9 Å². The van der Waals surface area contributed by atoms with Gasteiger partial charge in [-0.2, -0.15) is 4.98 Å². The van der Waals surface area contributed by atoms with E-state index >= 15 is 0 Å². The van der Waals surface area contributed by atoms with Crippen molar-refractivity contribution in [1.29, 1.82) is 0 Å². The number of rotatable bonds is 9. The number of hydrogen-bond donors (Lipinski definition) is 2. The summed E-state index contributed by atoms with van der Waals surface area (Å²) >= 11 is 1.06. The van der Waals surface area contributed by atoms with Crippen molar-refractivity contribution in [2.24, 2.45) is 0 Å². The maximum Gasteiger partial charge on any atom is 0.350 e. The fraction of sp³-hybridized carbons (Fsp3) is 0.364. The number of thiazole rings is 1. The molecule has 0 unspecified atom stereocenters. The summed E-state index contributed by atoms with van der Waals surface area (Å²) in [6.45, 7) is 7.60. The van der Waals surface area contributed by atoms with Crippen molar-refractivity contribution in [2.45, 2.75) is 40.5 Å². The Hall–Kier alpha value is -3.60. The average molecular weight is 472 g/mol. The molecule has 11 heteroatoms. The van der Waals surface area contributed by atoms with E-state index in [1.165, 1.54) is 0 Å². The molecule has 2 aromatic heterocycles. The summed E-state index contributed by atoms with van der Waals surface area (Å²) < 4.78 is 10.1. The van der Waals surface area contributed by atoms with Gasteiger partial charge in [0, 0.05) is 31.0 Å². The normalized spacial score (nSPS) is 10.7. The molecule has 0 aliphatic rings. The maximum absolute atomic E-state index is 12.6. The molecule has 2 amide bonds. The molecule has 0 fully saturated rings. The number of carbonyl (C=O) groups is 3. The van der Waals surface area contributed by atoms with Gasteiger partial charge in [0.05, 0.1) is 12.3 Å². The van der Waals surface area contributed by atoms with Crippen LogP contribution in [0.4, 0.5) is 5.13 Å². The maximum atomic E-state index is 12.6. The van der Waals surface area contributed by atoms with Crippen molar-refractivity contribution < 1.29 is 23.6 Å². The van der Waals surface area contributed by atoms with E-state index in [0.717, 1.165) is 23.3 Å². The number of amides is 2. The highest BCUT2D eigenvalue weighted by Crippen LogP contribution is 2.23. The molecule has 0 spiro atoms. The third-order valence-electron chi connectivity index (χ3n) is 4.43. The van der Waals surface area contributed by atoms with Crippen LogP contribution in [0.5, 0.6) is 0 Å². The van der Waals surface area contributed by atoms with E-state index < -0.39 is 5.97 Å². The number of nitrogens with zero attached hydrogens (tertiary/aromatic N) is 3. The van der Waals surface area contributed by atoms with Crippen LogP contribution in [-0.4, -0.2) is 46.1 Å². The van der Waals surface area contributed by atoms with E-state index in [2.05, 4.69) is 25.8 Å². The number of aromatic nitrogens is 3. The summed E-state index contributed by atoms with van der Waals surface area (Å²) in [5.74, 6) is -0.262. The predicted octanol–water partition coefficient (Wildman–Crippen LogP) is 3.44. The molecule has 10 nitrogen and oxygen atoms in total. The highest BCUT2D eigenvalue weighted by Gasteiger charge is 2.18. The molecule has 0 saturated carbocycles. The van der Waals surface area contributed by atoms with Crippen LogP contribution >= 0.6 is 11.3 Å². The molecule has 0 aliphatic heterocycles. The summed E-state index contributed by atoms with van der Waals surface area (Å²) in [5, 5.41) is 9.57. The van der Waals surface area contributed by atoms with Gasteiger partial charge in [-0.1, -0.05) is 23.4 Å². The number of esters is 1. The fourth-order valence-corrected chi connectivity index (χ4v) is 3.81. The number of hydrogen-bond acceptors (Lipinski definition) is 9. The van der Waals surface area contributed by atoms with E-state index in [0.29, 0.717) is 45.2 Å². The second-order valence-electron chi connectivity index (χ2n) is 7.35. The molecule has 2 N–H and O–H groups in total. The van der Waals surface area contributed by atoms with Crippen LogP contribution in [0, 0.1) is 20.8 Å². The lowest BCUT2D eigenvalue weighted by Gasteiger charge is -2.07. The van der Waals surface area contributed by atoms with Crippen LogP contribution < -0.4 is 10.6 Å². The molecule has 0 radical (unpaired) electrons. The average Bonchev–Trinajstić information content (AvgIpc) is 3.36. The smallest absolute Gasteiger partial charge is 0.350 e. The van der Waals surface area contributed by atoms with Crippen LogP contribution in [0.3, 0.4) is 0 Å². The third kappa shape index (κ3) is 6.45. The summed E-state index contributed by atoms with van der Waals surface area (Å²) in [4.78, 5) is 45.6. The first-order chi connectivity index (χ1) is 15.8. The van der Waals surface area contributed by atoms with Crippen LogP contribution in [0.2, 0.25) is 0 Å². The SMILES string of the molecule is CCCOC(=O)c1sc(NC(=O)CCNC(=O)c2cc(C)cc(-c3noc(C)n3)c2)nc1C. The van der Waals surface area contributed by atoms with Gasteiger partial charge in [-0.05, 0) is 44.0 Å². The van der Waals surface area contributed by atoms with Gasteiger partial charge in [0.15, 0.2) is 5.13 Å². The Labute approximate surface area is 194 Å². The van der Waals surface area contributed by atoms with Crippen molar-refractivity contribution in [3.63, 3.8) is 0 Å². The van der Waals surface area contributed by atoms with Crippen molar-refractivity contribution in [3.8, 4) is 11.4 Å². The molecular weight excluding hydrogens is 446 g/mol. The quantitative estimate of drug-likeness (QED) is 0.453. The Kier molecular flexibility index (Phi) is 7.88. The summed E-state index contributed by atoms with van der Waals surface area (Å²) in [7, 11) is 0. The Morgan fingerprint density at radius 2 is 1.91 bits per heavy atom. The molecule has 1 aromatic carbocycles. The second kappa shape index (κ2) is 10.8. The zero-order valence-corrected chi connectivity index (χ0v) is 19.7.